The number of furan rings is 1. The fourth-order valence-corrected chi connectivity index (χ4v) is 5.10. The van der Waals surface area contributed by atoms with Crippen molar-refractivity contribution in [2.75, 3.05) is 26.8 Å². The number of rotatable bonds is 7. The van der Waals surface area contributed by atoms with E-state index < -0.39 is 10.0 Å². The number of piperidine rings is 1. The van der Waals surface area contributed by atoms with Gasteiger partial charge in [-0.15, -0.1) is 0 Å². The molecule has 4 rings (SSSR count). The summed E-state index contributed by atoms with van der Waals surface area (Å²) in [5.41, 5.74) is 0.664. The quantitative estimate of drug-likeness (QED) is 0.538. The molecule has 31 heavy (non-hydrogen) atoms. The van der Waals surface area contributed by atoms with Gasteiger partial charge in [-0.2, -0.15) is 9.29 Å². The van der Waals surface area contributed by atoms with Crippen LogP contribution >= 0.6 is 0 Å². The van der Waals surface area contributed by atoms with E-state index in [9.17, 15) is 8.42 Å². The van der Waals surface area contributed by atoms with E-state index in [1.165, 1.54) is 16.4 Å². The van der Waals surface area contributed by atoms with Gasteiger partial charge in [0, 0.05) is 18.7 Å². The second-order valence-corrected chi connectivity index (χ2v) is 9.32. The van der Waals surface area contributed by atoms with Crippen LogP contribution in [-0.2, 0) is 10.0 Å². The normalized spacial score (nSPS) is 17.6. The van der Waals surface area contributed by atoms with E-state index >= 15 is 0 Å². The maximum Gasteiger partial charge on any atom is 0.293 e. The van der Waals surface area contributed by atoms with E-state index in [0.29, 0.717) is 48.5 Å². The van der Waals surface area contributed by atoms with Crippen LogP contribution in [0.2, 0.25) is 0 Å². The fraction of sp³-hybridized carbons (Fsp3) is 0.429. The summed E-state index contributed by atoms with van der Waals surface area (Å²) in [5, 5.41) is 3.86. The Kier molecular flexibility index (Phi) is 6.01. The van der Waals surface area contributed by atoms with E-state index in [-0.39, 0.29) is 16.7 Å². The molecule has 1 aromatic carbocycles. The first-order valence-electron chi connectivity index (χ1n) is 10.2. The predicted octanol–water partition coefficient (Wildman–Crippen LogP) is 3.82. The highest BCUT2D eigenvalue weighted by molar-refractivity contribution is 7.89. The minimum atomic E-state index is -3.70. The molecule has 10 heteroatoms. The zero-order valence-corrected chi connectivity index (χ0v) is 18.5. The van der Waals surface area contributed by atoms with Gasteiger partial charge in [0.1, 0.15) is 0 Å². The molecule has 0 amide bonds. The molecule has 0 N–H and O–H groups in total. The first-order valence-corrected chi connectivity index (χ1v) is 11.6. The van der Waals surface area contributed by atoms with Gasteiger partial charge >= 0.3 is 0 Å². The third kappa shape index (κ3) is 4.31. The summed E-state index contributed by atoms with van der Waals surface area (Å²) in [6.45, 7) is 5.44. The van der Waals surface area contributed by atoms with E-state index in [1.807, 2.05) is 13.8 Å². The average molecular weight is 448 g/mol. The van der Waals surface area contributed by atoms with Crippen molar-refractivity contribution < 1.29 is 26.8 Å². The van der Waals surface area contributed by atoms with Gasteiger partial charge in [-0.3, -0.25) is 0 Å². The van der Waals surface area contributed by atoms with Crippen molar-refractivity contribution >= 4 is 10.0 Å². The number of methoxy groups -OCH3 is 1. The van der Waals surface area contributed by atoms with E-state index in [0.717, 1.165) is 12.8 Å². The Morgan fingerprint density at radius 2 is 2.06 bits per heavy atom. The first-order chi connectivity index (χ1) is 14.9. The van der Waals surface area contributed by atoms with Crippen LogP contribution in [-0.4, -0.2) is 49.7 Å². The summed E-state index contributed by atoms with van der Waals surface area (Å²) in [7, 11) is -2.15. The van der Waals surface area contributed by atoms with Crippen molar-refractivity contribution in [3.8, 4) is 34.5 Å². The van der Waals surface area contributed by atoms with Gasteiger partial charge in [0.05, 0.1) is 13.7 Å². The van der Waals surface area contributed by atoms with Gasteiger partial charge in [0.25, 0.3) is 15.9 Å². The molecule has 1 saturated heterocycles. The van der Waals surface area contributed by atoms with Crippen LogP contribution in [0.5, 0.6) is 11.5 Å². The minimum Gasteiger partial charge on any atom is -0.493 e. The molecule has 3 heterocycles. The van der Waals surface area contributed by atoms with Crippen molar-refractivity contribution in [1.82, 2.24) is 14.4 Å². The van der Waals surface area contributed by atoms with Gasteiger partial charge < -0.3 is 18.4 Å². The number of aromatic nitrogens is 2. The summed E-state index contributed by atoms with van der Waals surface area (Å²) in [6, 6.07) is 8.25. The molecule has 0 saturated carbocycles. The molecule has 1 atom stereocenters. The number of sulfonamides is 1. The van der Waals surface area contributed by atoms with Crippen LogP contribution in [0.3, 0.4) is 0 Å². The Balaban J connectivity index is 1.57. The van der Waals surface area contributed by atoms with Crippen LogP contribution in [0.15, 0.2) is 44.4 Å². The summed E-state index contributed by atoms with van der Waals surface area (Å²) in [6.07, 6.45) is 1.86. The van der Waals surface area contributed by atoms with Crippen molar-refractivity contribution in [1.29, 1.82) is 0 Å². The molecular weight excluding hydrogens is 422 g/mol. The number of hydrogen-bond acceptors (Lipinski definition) is 8. The van der Waals surface area contributed by atoms with Crippen LogP contribution in [0.4, 0.5) is 0 Å². The molecule has 2 aromatic heterocycles. The Bertz CT molecular complexity index is 1150. The van der Waals surface area contributed by atoms with Crippen LogP contribution in [0.1, 0.15) is 26.7 Å². The smallest absolute Gasteiger partial charge is 0.293 e. The van der Waals surface area contributed by atoms with Crippen molar-refractivity contribution in [2.24, 2.45) is 5.92 Å². The zero-order valence-electron chi connectivity index (χ0n) is 17.7. The number of ether oxygens (including phenoxy) is 2. The van der Waals surface area contributed by atoms with Crippen LogP contribution in [0, 0.1) is 5.92 Å². The second-order valence-electron chi connectivity index (χ2n) is 7.45. The Hall–Kier alpha value is -2.85. The standard InChI is InChI=1S/C21H25N3O6S/c1-4-28-16-8-7-15(12-18(16)27-3)20-22-21(30-23-20)17-9-10-19(29-17)31(25,26)24-11-5-6-14(2)13-24/h7-10,12,14H,4-6,11,13H2,1-3H3/t14-/m0/s1. The molecule has 0 unspecified atom stereocenters. The van der Waals surface area contributed by atoms with Gasteiger partial charge in [0.2, 0.25) is 10.9 Å². The third-order valence-corrected chi connectivity index (χ3v) is 6.89. The van der Waals surface area contributed by atoms with Crippen molar-refractivity contribution in [3.05, 3.63) is 30.3 Å². The molecule has 0 radical (unpaired) electrons. The highest BCUT2D eigenvalue weighted by Gasteiger charge is 2.31. The fourth-order valence-electron chi connectivity index (χ4n) is 3.59. The average Bonchev–Trinajstić information content (AvgIpc) is 3.44. The lowest BCUT2D eigenvalue weighted by atomic mass is 10.0. The minimum absolute atomic E-state index is 0.0938. The topological polar surface area (TPSA) is 108 Å². The SMILES string of the molecule is CCOc1ccc(-c2noc(-c3ccc(S(=O)(=O)N4CCC[C@H](C)C4)o3)n2)cc1OC. The Morgan fingerprint density at radius 3 is 2.81 bits per heavy atom. The van der Waals surface area contributed by atoms with Gasteiger partial charge in [-0.1, -0.05) is 12.1 Å². The van der Waals surface area contributed by atoms with Crippen molar-refractivity contribution in [2.45, 2.75) is 31.8 Å². The summed E-state index contributed by atoms with van der Waals surface area (Å²) in [5.74, 6) is 2.10. The molecule has 9 nitrogen and oxygen atoms in total. The van der Waals surface area contributed by atoms with Gasteiger partial charge in [-0.25, -0.2) is 8.42 Å². The van der Waals surface area contributed by atoms with Crippen molar-refractivity contribution in [3.63, 3.8) is 0 Å². The first kappa shape index (κ1) is 21.4. The molecule has 0 aliphatic carbocycles. The molecule has 166 valence electrons. The number of hydrogen-bond donors (Lipinski definition) is 0. The maximum absolute atomic E-state index is 12.9. The number of nitrogens with zero attached hydrogens (tertiary/aromatic N) is 3. The monoisotopic (exact) mass is 447 g/mol. The summed E-state index contributed by atoms with van der Waals surface area (Å²) in [4.78, 5) is 4.35. The van der Waals surface area contributed by atoms with E-state index in [2.05, 4.69) is 10.1 Å². The molecule has 0 bridgehead atoms. The van der Waals surface area contributed by atoms with Crippen LogP contribution < -0.4 is 9.47 Å². The Morgan fingerprint density at radius 1 is 1.23 bits per heavy atom. The molecule has 3 aromatic rings. The number of benzene rings is 1. The molecular formula is C21H25N3O6S. The molecule has 1 fully saturated rings. The zero-order chi connectivity index (χ0) is 22.0. The third-order valence-electron chi connectivity index (χ3n) is 5.15. The lowest BCUT2D eigenvalue weighted by molar-refractivity contribution is 0.274. The Labute approximate surface area is 181 Å². The highest BCUT2D eigenvalue weighted by Crippen LogP contribution is 2.33. The molecule has 1 aliphatic rings. The van der Waals surface area contributed by atoms with Gasteiger partial charge in [-0.05, 0) is 56.0 Å². The second kappa shape index (κ2) is 8.72. The molecule has 0 spiro atoms. The van der Waals surface area contributed by atoms with Gasteiger partial charge in [0.15, 0.2) is 17.3 Å². The lowest BCUT2D eigenvalue weighted by Crippen LogP contribution is -2.38. The maximum atomic E-state index is 12.9. The molecule has 1 aliphatic heterocycles. The van der Waals surface area contributed by atoms with E-state index in [4.69, 9.17) is 18.4 Å². The van der Waals surface area contributed by atoms with Crippen LogP contribution in [0.25, 0.3) is 23.0 Å². The highest BCUT2D eigenvalue weighted by atomic mass is 32.2. The predicted molar refractivity (Wildman–Crippen MR) is 112 cm³/mol. The van der Waals surface area contributed by atoms with E-state index in [1.54, 1.807) is 25.3 Å². The summed E-state index contributed by atoms with van der Waals surface area (Å²) < 4.78 is 49.0. The lowest BCUT2D eigenvalue weighted by Gasteiger charge is -2.29. The largest absolute Gasteiger partial charge is 0.493 e. The summed E-state index contributed by atoms with van der Waals surface area (Å²) >= 11 is 0.